The number of piperazine rings is 1. The standard InChI is InChI=1S/C15H23N3O4S/c1-23(20,21)18-11-9-17(10-12-18)15(19)16-8-5-13-22-14-6-3-2-4-7-14/h2-4,6-7H,5,8-13H2,1H3,(H,16,19). The molecule has 128 valence electrons. The molecule has 0 unspecified atom stereocenters. The van der Waals surface area contributed by atoms with Crippen molar-refractivity contribution >= 4 is 16.1 Å². The number of sulfonamides is 1. The highest BCUT2D eigenvalue weighted by atomic mass is 32.2. The maximum Gasteiger partial charge on any atom is 0.317 e. The molecule has 1 aromatic rings. The van der Waals surface area contributed by atoms with Gasteiger partial charge < -0.3 is 15.0 Å². The van der Waals surface area contributed by atoms with Crippen molar-refractivity contribution in [3.05, 3.63) is 30.3 Å². The number of ether oxygens (including phenoxy) is 1. The van der Waals surface area contributed by atoms with Gasteiger partial charge in [0.1, 0.15) is 5.75 Å². The van der Waals surface area contributed by atoms with E-state index in [1.807, 2.05) is 30.3 Å². The van der Waals surface area contributed by atoms with E-state index in [2.05, 4.69) is 5.32 Å². The van der Waals surface area contributed by atoms with Gasteiger partial charge >= 0.3 is 6.03 Å². The molecular weight excluding hydrogens is 318 g/mol. The van der Waals surface area contributed by atoms with Crippen molar-refractivity contribution < 1.29 is 17.9 Å². The molecule has 2 rings (SSSR count). The summed E-state index contributed by atoms with van der Waals surface area (Å²) in [6.07, 6.45) is 1.90. The fourth-order valence-corrected chi connectivity index (χ4v) is 3.14. The van der Waals surface area contributed by atoms with Crippen molar-refractivity contribution in [3.63, 3.8) is 0 Å². The highest BCUT2D eigenvalue weighted by molar-refractivity contribution is 7.88. The minimum absolute atomic E-state index is 0.155. The summed E-state index contributed by atoms with van der Waals surface area (Å²) in [6, 6.07) is 9.37. The molecule has 23 heavy (non-hydrogen) atoms. The zero-order chi connectivity index (χ0) is 16.7. The molecule has 1 saturated heterocycles. The van der Waals surface area contributed by atoms with E-state index < -0.39 is 10.0 Å². The number of benzene rings is 1. The van der Waals surface area contributed by atoms with Gasteiger partial charge in [-0.1, -0.05) is 18.2 Å². The summed E-state index contributed by atoms with van der Waals surface area (Å²) in [5, 5.41) is 2.83. The summed E-state index contributed by atoms with van der Waals surface area (Å²) in [5.41, 5.74) is 0. The Hall–Kier alpha value is -1.80. The predicted molar refractivity (Wildman–Crippen MR) is 87.9 cm³/mol. The molecule has 0 spiro atoms. The SMILES string of the molecule is CS(=O)(=O)N1CCN(C(=O)NCCCOc2ccccc2)CC1. The van der Waals surface area contributed by atoms with Crippen LogP contribution in [0.2, 0.25) is 0 Å². The van der Waals surface area contributed by atoms with Gasteiger partial charge in [-0.05, 0) is 18.6 Å². The van der Waals surface area contributed by atoms with Crippen molar-refractivity contribution in [2.24, 2.45) is 0 Å². The molecule has 0 bridgehead atoms. The fourth-order valence-electron chi connectivity index (χ4n) is 2.31. The number of nitrogens with one attached hydrogen (secondary N) is 1. The number of urea groups is 1. The quantitative estimate of drug-likeness (QED) is 0.774. The first-order valence-corrected chi connectivity index (χ1v) is 9.47. The van der Waals surface area contributed by atoms with Gasteiger partial charge in [-0.3, -0.25) is 0 Å². The third-order valence-electron chi connectivity index (χ3n) is 3.60. The van der Waals surface area contributed by atoms with Crippen LogP contribution in [0.4, 0.5) is 4.79 Å². The zero-order valence-corrected chi connectivity index (χ0v) is 14.1. The second-order valence-corrected chi connectivity index (χ2v) is 7.38. The van der Waals surface area contributed by atoms with E-state index in [-0.39, 0.29) is 6.03 Å². The van der Waals surface area contributed by atoms with Gasteiger partial charge in [0.15, 0.2) is 0 Å². The molecule has 1 fully saturated rings. The first kappa shape index (κ1) is 17.6. The van der Waals surface area contributed by atoms with Crippen LogP contribution in [-0.4, -0.2) is 69.2 Å². The first-order valence-electron chi connectivity index (χ1n) is 7.62. The number of para-hydroxylation sites is 1. The molecule has 1 N–H and O–H groups in total. The van der Waals surface area contributed by atoms with Gasteiger partial charge in [-0.15, -0.1) is 0 Å². The van der Waals surface area contributed by atoms with E-state index in [1.54, 1.807) is 4.90 Å². The lowest BCUT2D eigenvalue weighted by Crippen LogP contribution is -2.53. The Morgan fingerprint density at radius 3 is 2.43 bits per heavy atom. The van der Waals surface area contributed by atoms with E-state index >= 15 is 0 Å². The minimum atomic E-state index is -3.17. The van der Waals surface area contributed by atoms with Crippen LogP contribution in [0.5, 0.6) is 5.75 Å². The highest BCUT2D eigenvalue weighted by Crippen LogP contribution is 2.08. The Morgan fingerprint density at radius 2 is 1.83 bits per heavy atom. The van der Waals surface area contributed by atoms with Crippen LogP contribution in [0.3, 0.4) is 0 Å². The Labute approximate surface area is 137 Å². The van der Waals surface area contributed by atoms with Gasteiger partial charge in [0.05, 0.1) is 12.9 Å². The minimum Gasteiger partial charge on any atom is -0.494 e. The van der Waals surface area contributed by atoms with Crippen LogP contribution >= 0.6 is 0 Å². The highest BCUT2D eigenvalue weighted by Gasteiger charge is 2.25. The average Bonchev–Trinajstić information content (AvgIpc) is 2.54. The van der Waals surface area contributed by atoms with Gasteiger partial charge in [-0.25, -0.2) is 13.2 Å². The largest absolute Gasteiger partial charge is 0.494 e. The van der Waals surface area contributed by atoms with Gasteiger partial charge in [0.2, 0.25) is 10.0 Å². The van der Waals surface area contributed by atoms with E-state index in [0.717, 1.165) is 5.75 Å². The summed E-state index contributed by atoms with van der Waals surface area (Å²) in [7, 11) is -3.17. The molecule has 0 radical (unpaired) electrons. The molecule has 1 aromatic carbocycles. The summed E-state index contributed by atoms with van der Waals surface area (Å²) >= 11 is 0. The topological polar surface area (TPSA) is 79.0 Å². The molecular formula is C15H23N3O4S. The van der Waals surface area contributed by atoms with Gasteiger partial charge in [0.25, 0.3) is 0 Å². The molecule has 0 aromatic heterocycles. The van der Waals surface area contributed by atoms with Crippen molar-refractivity contribution in [1.29, 1.82) is 0 Å². The van der Waals surface area contributed by atoms with Gasteiger partial charge in [-0.2, -0.15) is 4.31 Å². The van der Waals surface area contributed by atoms with Crippen LogP contribution in [-0.2, 0) is 10.0 Å². The Kier molecular flexibility index (Phi) is 6.23. The monoisotopic (exact) mass is 341 g/mol. The molecule has 0 saturated carbocycles. The number of nitrogens with zero attached hydrogens (tertiary/aromatic N) is 2. The van der Waals surface area contributed by atoms with E-state index in [0.29, 0.717) is 45.8 Å². The second kappa shape index (κ2) is 8.16. The molecule has 8 heteroatoms. The molecule has 2 amide bonds. The van der Waals surface area contributed by atoms with Crippen LogP contribution in [0.1, 0.15) is 6.42 Å². The molecule has 1 aliphatic rings. The lowest BCUT2D eigenvalue weighted by Gasteiger charge is -2.33. The molecule has 0 aliphatic carbocycles. The number of hydrogen-bond acceptors (Lipinski definition) is 4. The maximum absolute atomic E-state index is 12.0. The Balaban J connectivity index is 1.60. The Bertz CT molecular complexity index is 598. The normalized spacial score (nSPS) is 16.1. The fraction of sp³-hybridized carbons (Fsp3) is 0.533. The first-order chi connectivity index (χ1) is 11.0. The average molecular weight is 341 g/mol. The number of rotatable bonds is 6. The smallest absolute Gasteiger partial charge is 0.317 e. The lowest BCUT2D eigenvalue weighted by atomic mass is 10.3. The van der Waals surface area contributed by atoms with Crippen molar-refractivity contribution in [2.75, 3.05) is 45.6 Å². The van der Waals surface area contributed by atoms with Crippen LogP contribution < -0.4 is 10.1 Å². The number of carbonyl (C=O) groups excluding carboxylic acids is 1. The van der Waals surface area contributed by atoms with E-state index in [4.69, 9.17) is 4.74 Å². The maximum atomic E-state index is 12.0. The van der Waals surface area contributed by atoms with E-state index in [9.17, 15) is 13.2 Å². The number of carbonyl (C=O) groups is 1. The number of hydrogen-bond donors (Lipinski definition) is 1. The zero-order valence-electron chi connectivity index (χ0n) is 13.3. The second-order valence-electron chi connectivity index (χ2n) is 5.40. The van der Waals surface area contributed by atoms with Crippen LogP contribution in [0, 0.1) is 0 Å². The summed E-state index contributed by atoms with van der Waals surface area (Å²) in [4.78, 5) is 13.6. The molecule has 0 atom stereocenters. The van der Waals surface area contributed by atoms with Crippen molar-refractivity contribution in [1.82, 2.24) is 14.5 Å². The third-order valence-corrected chi connectivity index (χ3v) is 4.91. The lowest BCUT2D eigenvalue weighted by molar-refractivity contribution is 0.172. The molecule has 1 heterocycles. The third kappa shape index (κ3) is 5.72. The molecule has 7 nitrogen and oxygen atoms in total. The summed E-state index contributed by atoms with van der Waals surface area (Å²) < 4.78 is 29.8. The Morgan fingerprint density at radius 1 is 1.17 bits per heavy atom. The van der Waals surface area contributed by atoms with Gasteiger partial charge in [0, 0.05) is 32.7 Å². The van der Waals surface area contributed by atoms with E-state index in [1.165, 1.54) is 10.6 Å². The van der Waals surface area contributed by atoms with Crippen LogP contribution in [0.25, 0.3) is 0 Å². The summed E-state index contributed by atoms with van der Waals surface area (Å²) in [5.74, 6) is 0.815. The van der Waals surface area contributed by atoms with Crippen molar-refractivity contribution in [2.45, 2.75) is 6.42 Å². The van der Waals surface area contributed by atoms with Crippen LogP contribution in [0.15, 0.2) is 30.3 Å². The molecule has 1 aliphatic heterocycles. The number of amides is 2. The summed E-state index contributed by atoms with van der Waals surface area (Å²) in [6.45, 7) is 2.59. The van der Waals surface area contributed by atoms with Crippen molar-refractivity contribution in [3.8, 4) is 5.75 Å². The predicted octanol–water partition coefficient (Wildman–Crippen LogP) is 0.742.